The number of benzene rings is 1. The first kappa shape index (κ1) is 14.1. The lowest BCUT2D eigenvalue weighted by Crippen LogP contribution is -2.18. The van der Waals surface area contributed by atoms with Gasteiger partial charge >= 0.3 is 0 Å². The highest BCUT2D eigenvalue weighted by Crippen LogP contribution is 2.21. The molecule has 2 rings (SSSR count). The van der Waals surface area contributed by atoms with Crippen molar-refractivity contribution in [3.63, 3.8) is 0 Å². The average Bonchev–Trinajstić information content (AvgIpc) is 2.90. The second-order valence-corrected chi connectivity index (χ2v) is 5.85. The number of nitrogens with one attached hydrogen (secondary N) is 1. The van der Waals surface area contributed by atoms with Crippen LogP contribution in [0.25, 0.3) is 0 Å². The molecule has 5 heteroatoms. The van der Waals surface area contributed by atoms with Crippen LogP contribution in [-0.4, -0.2) is 16.7 Å². The second kappa shape index (κ2) is 7.31. The Hall–Kier alpha value is -1.33. The standard InChI is InChI=1S/C14H19N3OS/c1-11(2)7-15-8-12-3-5-13(6-4-12)19-9-14-16-10-18-17-14/h3-6,10-11,15H,7-9H2,1-2H3. The summed E-state index contributed by atoms with van der Waals surface area (Å²) in [7, 11) is 0. The minimum Gasteiger partial charge on any atom is -0.343 e. The van der Waals surface area contributed by atoms with Crippen molar-refractivity contribution in [2.24, 2.45) is 5.92 Å². The summed E-state index contributed by atoms with van der Waals surface area (Å²) in [6.45, 7) is 6.40. The van der Waals surface area contributed by atoms with E-state index in [0.717, 1.165) is 24.7 Å². The summed E-state index contributed by atoms with van der Waals surface area (Å²) in [5.74, 6) is 2.15. The molecule has 0 aliphatic heterocycles. The predicted molar refractivity (Wildman–Crippen MR) is 76.8 cm³/mol. The molecule has 1 aromatic carbocycles. The van der Waals surface area contributed by atoms with E-state index in [2.05, 4.69) is 53.6 Å². The summed E-state index contributed by atoms with van der Waals surface area (Å²) >= 11 is 1.71. The monoisotopic (exact) mass is 277 g/mol. The molecule has 1 N–H and O–H groups in total. The summed E-state index contributed by atoms with van der Waals surface area (Å²) in [6.07, 6.45) is 1.36. The minimum atomic E-state index is 0.685. The van der Waals surface area contributed by atoms with E-state index >= 15 is 0 Å². The van der Waals surface area contributed by atoms with Crippen molar-refractivity contribution in [1.82, 2.24) is 15.5 Å². The molecule has 102 valence electrons. The topological polar surface area (TPSA) is 51.0 Å². The third-order valence-electron chi connectivity index (χ3n) is 2.58. The van der Waals surface area contributed by atoms with Gasteiger partial charge in [-0.25, -0.2) is 0 Å². The second-order valence-electron chi connectivity index (χ2n) is 4.80. The molecule has 2 aromatic rings. The molecule has 0 aliphatic carbocycles. The molecule has 0 aliphatic rings. The van der Waals surface area contributed by atoms with E-state index in [9.17, 15) is 0 Å². The smallest absolute Gasteiger partial charge is 0.213 e. The highest BCUT2D eigenvalue weighted by Gasteiger charge is 2.01. The first-order chi connectivity index (χ1) is 9.24. The first-order valence-electron chi connectivity index (χ1n) is 6.42. The largest absolute Gasteiger partial charge is 0.343 e. The van der Waals surface area contributed by atoms with Crippen LogP contribution in [0.3, 0.4) is 0 Å². The molecule has 0 fully saturated rings. The Morgan fingerprint density at radius 2 is 2.05 bits per heavy atom. The fraction of sp³-hybridized carbons (Fsp3) is 0.429. The van der Waals surface area contributed by atoms with Gasteiger partial charge in [0.2, 0.25) is 6.39 Å². The number of rotatable bonds is 7. The molecule has 0 unspecified atom stereocenters. The van der Waals surface area contributed by atoms with Crippen molar-refractivity contribution in [1.29, 1.82) is 0 Å². The van der Waals surface area contributed by atoms with Crippen LogP contribution in [0.2, 0.25) is 0 Å². The van der Waals surface area contributed by atoms with Gasteiger partial charge in [-0.15, -0.1) is 11.8 Å². The van der Waals surface area contributed by atoms with Crippen LogP contribution in [0, 0.1) is 5.92 Å². The van der Waals surface area contributed by atoms with Gasteiger partial charge in [0, 0.05) is 11.4 Å². The Morgan fingerprint density at radius 3 is 2.68 bits per heavy atom. The van der Waals surface area contributed by atoms with Crippen molar-refractivity contribution >= 4 is 11.8 Å². The lowest BCUT2D eigenvalue weighted by molar-refractivity contribution is 0.412. The van der Waals surface area contributed by atoms with Crippen LogP contribution < -0.4 is 5.32 Å². The quantitative estimate of drug-likeness (QED) is 0.788. The van der Waals surface area contributed by atoms with Crippen molar-refractivity contribution in [3.8, 4) is 0 Å². The highest BCUT2D eigenvalue weighted by atomic mass is 32.2. The summed E-state index contributed by atoms with van der Waals surface area (Å²) in [4.78, 5) is 5.22. The van der Waals surface area contributed by atoms with E-state index in [-0.39, 0.29) is 0 Å². The summed E-state index contributed by atoms with van der Waals surface area (Å²) in [5.41, 5.74) is 1.31. The molecule has 1 aromatic heterocycles. The SMILES string of the molecule is CC(C)CNCc1ccc(SCc2ncon2)cc1. The van der Waals surface area contributed by atoms with Gasteiger partial charge in [-0.2, -0.15) is 4.98 Å². The maximum absolute atomic E-state index is 4.70. The van der Waals surface area contributed by atoms with Crippen molar-refractivity contribution < 1.29 is 4.52 Å². The zero-order valence-electron chi connectivity index (χ0n) is 11.3. The van der Waals surface area contributed by atoms with E-state index in [0.29, 0.717) is 5.92 Å². The van der Waals surface area contributed by atoms with Crippen LogP contribution in [-0.2, 0) is 12.3 Å². The number of aromatic nitrogens is 2. The fourth-order valence-electron chi connectivity index (χ4n) is 1.61. The Bertz CT molecular complexity index is 468. The highest BCUT2D eigenvalue weighted by molar-refractivity contribution is 7.98. The summed E-state index contributed by atoms with van der Waals surface area (Å²) in [6, 6.07) is 8.59. The molecule has 0 amide bonds. The van der Waals surface area contributed by atoms with Gasteiger partial charge in [-0.1, -0.05) is 31.1 Å². The molecule has 0 saturated carbocycles. The molecule has 0 atom stereocenters. The third-order valence-corrected chi connectivity index (χ3v) is 3.59. The van der Waals surface area contributed by atoms with Gasteiger partial charge in [-0.05, 0) is 30.2 Å². The molecule has 0 bridgehead atoms. The molecule has 19 heavy (non-hydrogen) atoms. The van der Waals surface area contributed by atoms with E-state index in [1.165, 1.54) is 16.9 Å². The fourth-order valence-corrected chi connectivity index (χ4v) is 2.36. The zero-order valence-corrected chi connectivity index (χ0v) is 12.1. The van der Waals surface area contributed by atoms with Gasteiger partial charge in [0.1, 0.15) is 0 Å². The minimum absolute atomic E-state index is 0.685. The van der Waals surface area contributed by atoms with Crippen LogP contribution in [0.4, 0.5) is 0 Å². The first-order valence-corrected chi connectivity index (χ1v) is 7.40. The predicted octanol–water partition coefficient (Wildman–Crippen LogP) is 3.11. The Morgan fingerprint density at radius 1 is 1.26 bits per heavy atom. The number of thioether (sulfide) groups is 1. The van der Waals surface area contributed by atoms with Gasteiger partial charge in [0.05, 0.1) is 5.75 Å². The van der Waals surface area contributed by atoms with E-state index in [1.807, 2.05) is 0 Å². The van der Waals surface area contributed by atoms with Crippen molar-refractivity contribution in [2.75, 3.05) is 6.54 Å². The molecule has 4 nitrogen and oxygen atoms in total. The van der Waals surface area contributed by atoms with E-state index < -0.39 is 0 Å². The van der Waals surface area contributed by atoms with Crippen molar-refractivity contribution in [3.05, 3.63) is 42.0 Å². The molecule has 0 saturated heterocycles. The van der Waals surface area contributed by atoms with Crippen LogP contribution in [0.15, 0.2) is 40.1 Å². The molecule has 0 radical (unpaired) electrons. The van der Waals surface area contributed by atoms with Gasteiger partial charge < -0.3 is 9.84 Å². The van der Waals surface area contributed by atoms with Gasteiger partial charge in [0.25, 0.3) is 0 Å². The van der Waals surface area contributed by atoms with Crippen LogP contribution in [0.1, 0.15) is 25.2 Å². The number of hydrogen-bond acceptors (Lipinski definition) is 5. The van der Waals surface area contributed by atoms with Crippen LogP contribution >= 0.6 is 11.8 Å². The molecular formula is C14H19N3OS. The Labute approximate surface area is 118 Å². The zero-order chi connectivity index (χ0) is 13.5. The number of hydrogen-bond donors (Lipinski definition) is 1. The lowest BCUT2D eigenvalue weighted by atomic mass is 10.2. The summed E-state index contributed by atoms with van der Waals surface area (Å²) in [5, 5.41) is 7.22. The maximum Gasteiger partial charge on any atom is 0.213 e. The Kier molecular flexibility index (Phi) is 5.42. The molecule has 1 heterocycles. The van der Waals surface area contributed by atoms with Gasteiger partial charge in [0.15, 0.2) is 5.82 Å². The summed E-state index contributed by atoms with van der Waals surface area (Å²) < 4.78 is 4.70. The van der Waals surface area contributed by atoms with Crippen molar-refractivity contribution in [2.45, 2.75) is 31.0 Å². The average molecular weight is 277 g/mol. The van der Waals surface area contributed by atoms with Crippen LogP contribution in [0.5, 0.6) is 0 Å². The molecular weight excluding hydrogens is 258 g/mol. The van der Waals surface area contributed by atoms with Gasteiger partial charge in [-0.3, -0.25) is 0 Å². The Balaban J connectivity index is 1.77. The van der Waals surface area contributed by atoms with E-state index in [1.54, 1.807) is 11.8 Å². The normalized spacial score (nSPS) is 11.1. The lowest BCUT2D eigenvalue weighted by Gasteiger charge is -2.07. The number of nitrogens with zero attached hydrogens (tertiary/aromatic N) is 2. The maximum atomic E-state index is 4.70. The van der Waals surface area contributed by atoms with E-state index in [4.69, 9.17) is 4.52 Å². The molecule has 0 spiro atoms. The third kappa shape index (κ3) is 5.04.